The maximum atomic E-state index is 12.0. The Bertz CT molecular complexity index is 818. The lowest BCUT2D eigenvalue weighted by Crippen LogP contribution is -2.37. The zero-order valence-corrected chi connectivity index (χ0v) is 13.6. The quantitative estimate of drug-likeness (QED) is 0.899. The summed E-state index contributed by atoms with van der Waals surface area (Å²) in [5.74, 6) is 1.07. The molecule has 2 aromatic rings. The number of hydrogen-bond acceptors (Lipinski definition) is 5. The molecule has 126 valence electrons. The van der Waals surface area contributed by atoms with Gasteiger partial charge in [-0.1, -0.05) is 0 Å². The first-order valence-corrected chi connectivity index (χ1v) is 8.61. The van der Waals surface area contributed by atoms with Crippen LogP contribution in [-0.2, 0) is 4.79 Å². The van der Waals surface area contributed by atoms with Crippen molar-refractivity contribution in [2.24, 2.45) is 0 Å². The Kier molecular flexibility index (Phi) is 3.92. The standard InChI is InChI=1S/C17H21N5O2/c23-14-4-2-9-22(14)12-3-1-8-21(10-6-12)16-15-13(5-7-18-16)17(24)20-11-19-15/h5,7,11-12H,1-4,6,8-10H2,(H,19,20,24)/t12-/m0/s1. The van der Waals surface area contributed by atoms with Gasteiger partial charge in [-0.15, -0.1) is 0 Å². The molecule has 7 heteroatoms. The van der Waals surface area contributed by atoms with Crippen molar-refractivity contribution in [2.75, 3.05) is 24.5 Å². The van der Waals surface area contributed by atoms with Gasteiger partial charge in [0.1, 0.15) is 5.52 Å². The summed E-state index contributed by atoms with van der Waals surface area (Å²) in [7, 11) is 0. The van der Waals surface area contributed by atoms with Gasteiger partial charge in [-0.3, -0.25) is 9.59 Å². The van der Waals surface area contributed by atoms with Crippen LogP contribution in [0.1, 0.15) is 32.1 Å². The molecule has 7 nitrogen and oxygen atoms in total. The number of aromatic nitrogens is 3. The highest BCUT2D eigenvalue weighted by Crippen LogP contribution is 2.26. The van der Waals surface area contributed by atoms with Crippen molar-refractivity contribution in [2.45, 2.75) is 38.1 Å². The molecule has 0 aliphatic carbocycles. The van der Waals surface area contributed by atoms with E-state index in [4.69, 9.17) is 0 Å². The zero-order valence-electron chi connectivity index (χ0n) is 13.6. The molecule has 0 aromatic carbocycles. The van der Waals surface area contributed by atoms with E-state index in [0.717, 1.165) is 51.1 Å². The third-order valence-electron chi connectivity index (χ3n) is 5.09. The number of rotatable bonds is 2. The van der Waals surface area contributed by atoms with Crippen molar-refractivity contribution < 1.29 is 4.79 Å². The highest BCUT2D eigenvalue weighted by molar-refractivity contribution is 5.87. The van der Waals surface area contributed by atoms with Crippen LogP contribution in [0.25, 0.3) is 10.9 Å². The number of amides is 1. The number of anilines is 1. The number of hydrogen-bond donors (Lipinski definition) is 1. The minimum atomic E-state index is -0.140. The molecule has 2 aliphatic heterocycles. The number of pyridine rings is 1. The third kappa shape index (κ3) is 2.64. The summed E-state index contributed by atoms with van der Waals surface area (Å²) in [5.41, 5.74) is 0.510. The Morgan fingerprint density at radius 3 is 2.83 bits per heavy atom. The van der Waals surface area contributed by atoms with Gasteiger partial charge >= 0.3 is 0 Å². The lowest BCUT2D eigenvalue weighted by Gasteiger charge is -2.27. The molecule has 4 rings (SSSR count). The maximum absolute atomic E-state index is 12.0. The van der Waals surface area contributed by atoms with Gasteiger partial charge in [0, 0.05) is 38.3 Å². The Morgan fingerprint density at radius 1 is 1.08 bits per heavy atom. The van der Waals surface area contributed by atoms with Crippen LogP contribution in [0.4, 0.5) is 5.82 Å². The molecule has 2 fully saturated rings. The predicted molar refractivity (Wildman–Crippen MR) is 91.0 cm³/mol. The largest absolute Gasteiger partial charge is 0.355 e. The lowest BCUT2D eigenvalue weighted by atomic mass is 10.1. The first-order valence-electron chi connectivity index (χ1n) is 8.61. The number of nitrogens with one attached hydrogen (secondary N) is 1. The van der Waals surface area contributed by atoms with Crippen LogP contribution in [0.3, 0.4) is 0 Å². The number of likely N-dealkylation sites (tertiary alicyclic amines) is 1. The fourth-order valence-electron chi connectivity index (χ4n) is 3.88. The smallest absolute Gasteiger partial charge is 0.258 e. The fourth-order valence-corrected chi connectivity index (χ4v) is 3.88. The average molecular weight is 327 g/mol. The maximum Gasteiger partial charge on any atom is 0.258 e. The van der Waals surface area contributed by atoms with Crippen molar-refractivity contribution >= 4 is 22.6 Å². The second-order valence-corrected chi connectivity index (χ2v) is 6.52. The van der Waals surface area contributed by atoms with E-state index in [1.54, 1.807) is 12.3 Å². The van der Waals surface area contributed by atoms with Gasteiger partial charge in [-0.2, -0.15) is 0 Å². The number of aromatic amines is 1. The zero-order chi connectivity index (χ0) is 16.5. The van der Waals surface area contributed by atoms with Gasteiger partial charge in [0.05, 0.1) is 11.7 Å². The van der Waals surface area contributed by atoms with Crippen molar-refractivity contribution in [3.05, 3.63) is 28.9 Å². The molecule has 2 aliphatic rings. The molecule has 0 radical (unpaired) electrons. The van der Waals surface area contributed by atoms with Crippen molar-refractivity contribution in [3.8, 4) is 0 Å². The Balaban J connectivity index is 1.59. The summed E-state index contributed by atoms with van der Waals surface area (Å²) in [4.78, 5) is 39.6. The molecule has 0 spiro atoms. The number of nitrogens with zero attached hydrogens (tertiary/aromatic N) is 4. The van der Waals surface area contributed by atoms with Gasteiger partial charge in [0.2, 0.25) is 5.91 Å². The minimum Gasteiger partial charge on any atom is -0.355 e. The van der Waals surface area contributed by atoms with Crippen LogP contribution in [0.2, 0.25) is 0 Å². The van der Waals surface area contributed by atoms with Crippen LogP contribution >= 0.6 is 0 Å². The van der Waals surface area contributed by atoms with Gasteiger partial charge < -0.3 is 14.8 Å². The van der Waals surface area contributed by atoms with Gasteiger partial charge in [-0.25, -0.2) is 9.97 Å². The van der Waals surface area contributed by atoms with Gasteiger partial charge in [0.25, 0.3) is 5.56 Å². The van der Waals surface area contributed by atoms with Crippen LogP contribution in [0, 0.1) is 0 Å². The Hall–Kier alpha value is -2.44. The molecular weight excluding hydrogens is 306 g/mol. The van der Waals surface area contributed by atoms with E-state index in [2.05, 4.69) is 24.8 Å². The summed E-state index contributed by atoms with van der Waals surface area (Å²) in [5, 5.41) is 0.568. The number of carbonyl (C=O) groups is 1. The second kappa shape index (κ2) is 6.22. The summed E-state index contributed by atoms with van der Waals surface area (Å²) in [6.07, 6.45) is 7.75. The summed E-state index contributed by atoms with van der Waals surface area (Å²) >= 11 is 0. The van der Waals surface area contributed by atoms with E-state index >= 15 is 0 Å². The molecule has 2 aromatic heterocycles. The van der Waals surface area contributed by atoms with E-state index in [0.29, 0.717) is 29.3 Å². The first kappa shape index (κ1) is 15.1. The number of fused-ring (bicyclic) bond motifs is 1. The predicted octanol–water partition coefficient (Wildman–Crippen LogP) is 1.30. The SMILES string of the molecule is O=C1CCCN1[C@H]1CCCN(c2nccc3c(=O)[nH]cnc23)CC1. The van der Waals surface area contributed by atoms with Crippen molar-refractivity contribution in [1.82, 2.24) is 19.9 Å². The van der Waals surface area contributed by atoms with E-state index in [1.165, 1.54) is 6.33 Å². The van der Waals surface area contributed by atoms with E-state index in [9.17, 15) is 9.59 Å². The first-order chi connectivity index (χ1) is 11.7. The van der Waals surface area contributed by atoms with Crippen molar-refractivity contribution in [3.63, 3.8) is 0 Å². The normalized spacial score (nSPS) is 22.2. The van der Waals surface area contributed by atoms with E-state index in [-0.39, 0.29) is 5.56 Å². The Morgan fingerprint density at radius 2 is 2.00 bits per heavy atom. The second-order valence-electron chi connectivity index (χ2n) is 6.52. The lowest BCUT2D eigenvalue weighted by molar-refractivity contribution is -0.129. The number of carbonyl (C=O) groups excluding carboxylic acids is 1. The molecule has 0 saturated carbocycles. The molecule has 1 atom stereocenters. The molecule has 0 bridgehead atoms. The van der Waals surface area contributed by atoms with E-state index in [1.807, 2.05) is 0 Å². The Labute approximate surface area is 139 Å². The highest BCUT2D eigenvalue weighted by Gasteiger charge is 2.30. The van der Waals surface area contributed by atoms with Crippen LogP contribution in [0.15, 0.2) is 23.4 Å². The molecule has 24 heavy (non-hydrogen) atoms. The van der Waals surface area contributed by atoms with Crippen molar-refractivity contribution in [1.29, 1.82) is 0 Å². The van der Waals surface area contributed by atoms with Crippen LogP contribution < -0.4 is 10.5 Å². The van der Waals surface area contributed by atoms with Crippen LogP contribution in [-0.4, -0.2) is 51.4 Å². The summed E-state index contributed by atoms with van der Waals surface area (Å²) in [6, 6.07) is 2.03. The van der Waals surface area contributed by atoms with Gasteiger partial charge in [-0.05, 0) is 31.7 Å². The van der Waals surface area contributed by atoms with Crippen LogP contribution in [0.5, 0.6) is 0 Å². The topological polar surface area (TPSA) is 82.2 Å². The fraction of sp³-hybridized carbons (Fsp3) is 0.529. The molecule has 4 heterocycles. The van der Waals surface area contributed by atoms with E-state index < -0.39 is 0 Å². The molecular formula is C17H21N5O2. The third-order valence-corrected chi connectivity index (χ3v) is 5.09. The number of H-pyrrole nitrogens is 1. The molecule has 1 amide bonds. The summed E-state index contributed by atoms with van der Waals surface area (Å²) < 4.78 is 0. The van der Waals surface area contributed by atoms with Gasteiger partial charge in [0.15, 0.2) is 5.82 Å². The average Bonchev–Trinajstić information content (AvgIpc) is 2.88. The molecule has 2 saturated heterocycles. The highest BCUT2D eigenvalue weighted by atomic mass is 16.2. The summed E-state index contributed by atoms with van der Waals surface area (Å²) in [6.45, 7) is 2.60. The molecule has 1 N–H and O–H groups in total. The minimum absolute atomic E-state index is 0.140. The monoisotopic (exact) mass is 327 g/mol. The molecule has 0 unspecified atom stereocenters.